The van der Waals surface area contributed by atoms with Crippen LogP contribution in [0.15, 0.2) is 30.5 Å². The lowest BCUT2D eigenvalue weighted by molar-refractivity contribution is -0.159. The molecule has 0 N–H and O–H groups in total. The first kappa shape index (κ1) is 21.8. The molecule has 31 heavy (non-hydrogen) atoms. The number of halogens is 4. The van der Waals surface area contributed by atoms with Crippen molar-refractivity contribution in [1.29, 1.82) is 0 Å². The highest BCUT2D eigenvalue weighted by Gasteiger charge is 2.44. The molecule has 166 valence electrons. The average molecular weight is 457 g/mol. The minimum atomic E-state index is -4.76. The number of carbonyl (C=O) groups is 2. The first-order valence-corrected chi connectivity index (χ1v) is 10.1. The van der Waals surface area contributed by atoms with Crippen LogP contribution in [-0.2, 0) is 17.6 Å². The highest BCUT2D eigenvalue weighted by molar-refractivity contribution is 6.31. The van der Waals surface area contributed by atoms with Gasteiger partial charge in [-0.05, 0) is 23.5 Å². The van der Waals surface area contributed by atoms with Crippen LogP contribution in [-0.4, -0.2) is 57.7 Å². The molecule has 2 aliphatic rings. The predicted octanol–water partition coefficient (Wildman–Crippen LogP) is 3.72. The molecule has 1 aromatic heterocycles. The first-order valence-electron chi connectivity index (χ1n) is 9.72. The number of hydrogen-bond acceptors (Lipinski definition) is 5. The van der Waals surface area contributed by atoms with E-state index in [0.717, 1.165) is 12.5 Å². The largest absolute Gasteiger partial charge is 0.420 e. The normalized spacial score (nSPS) is 21.5. The summed E-state index contributed by atoms with van der Waals surface area (Å²) in [6, 6.07) is 6.72. The fraction of sp³-hybridized carbons (Fsp3) is 0.450. The third-order valence-corrected chi connectivity index (χ3v) is 6.00. The Kier molecular flexibility index (Phi) is 5.80. The highest BCUT2D eigenvalue weighted by Crippen LogP contribution is 2.34. The third-order valence-electron chi connectivity index (χ3n) is 5.63. The summed E-state index contributed by atoms with van der Waals surface area (Å²) in [5.74, 6) is -0.566. The van der Waals surface area contributed by atoms with Gasteiger partial charge in [0.15, 0.2) is 5.78 Å². The molecule has 11 heteroatoms. The molecule has 2 aromatic rings. The monoisotopic (exact) mass is 456 g/mol. The lowest BCUT2D eigenvalue weighted by atomic mass is 10.0. The SMILES string of the molecule is CC(=O)c1nn(C(=O)N2CC3CN(OCc4ccccc4Cl)CC3C2)cc1C(F)(F)F. The second-order valence-electron chi connectivity index (χ2n) is 7.81. The molecule has 0 aliphatic carbocycles. The van der Waals surface area contributed by atoms with Crippen LogP contribution in [0.5, 0.6) is 0 Å². The van der Waals surface area contributed by atoms with Crippen molar-refractivity contribution < 1.29 is 27.6 Å². The molecule has 2 atom stereocenters. The second kappa shape index (κ2) is 8.25. The van der Waals surface area contributed by atoms with E-state index in [-0.39, 0.29) is 11.8 Å². The number of ketones is 1. The molecule has 0 radical (unpaired) electrons. The number of benzene rings is 1. The van der Waals surface area contributed by atoms with Crippen molar-refractivity contribution in [3.63, 3.8) is 0 Å². The number of hydrogen-bond donors (Lipinski definition) is 0. The van der Waals surface area contributed by atoms with Crippen LogP contribution in [0.25, 0.3) is 0 Å². The van der Waals surface area contributed by atoms with Gasteiger partial charge in [0.2, 0.25) is 0 Å². The standard InChI is InChI=1S/C20H20ClF3N4O3/c1-12(29)18-16(20(22,23)24)10-28(25-18)19(30)26-6-14-8-27(9-15(14)7-26)31-11-13-4-2-3-5-17(13)21/h2-5,10,14-15H,6-9,11H2,1H3. The molecule has 2 fully saturated rings. The van der Waals surface area contributed by atoms with Crippen LogP contribution in [0.3, 0.4) is 0 Å². The molecule has 4 rings (SSSR count). The number of carbonyl (C=O) groups excluding carboxylic acids is 2. The quantitative estimate of drug-likeness (QED) is 0.656. The number of likely N-dealkylation sites (tertiary alicyclic amines) is 1. The molecular formula is C20H20ClF3N4O3. The lowest BCUT2D eigenvalue weighted by Gasteiger charge is -2.21. The zero-order valence-corrected chi connectivity index (χ0v) is 17.4. The predicted molar refractivity (Wildman–Crippen MR) is 104 cm³/mol. The Balaban J connectivity index is 1.37. The fourth-order valence-electron chi connectivity index (χ4n) is 4.07. The van der Waals surface area contributed by atoms with Crippen LogP contribution in [0.2, 0.25) is 5.02 Å². The number of amides is 1. The maximum atomic E-state index is 13.2. The Bertz CT molecular complexity index is 996. The molecule has 0 bridgehead atoms. The number of nitrogens with zero attached hydrogens (tertiary/aromatic N) is 4. The van der Waals surface area contributed by atoms with Gasteiger partial charge < -0.3 is 4.90 Å². The number of Topliss-reactive ketones (excluding diaryl/α,β-unsaturated/α-hetero) is 1. The Morgan fingerprint density at radius 3 is 2.35 bits per heavy atom. The van der Waals surface area contributed by atoms with Gasteiger partial charge in [-0.3, -0.25) is 9.63 Å². The number of hydroxylamine groups is 2. The van der Waals surface area contributed by atoms with Crippen LogP contribution in [0.1, 0.15) is 28.5 Å². The summed E-state index contributed by atoms with van der Waals surface area (Å²) in [7, 11) is 0. The number of aromatic nitrogens is 2. The van der Waals surface area contributed by atoms with E-state index in [9.17, 15) is 22.8 Å². The van der Waals surface area contributed by atoms with Crippen LogP contribution >= 0.6 is 11.6 Å². The van der Waals surface area contributed by atoms with Crippen LogP contribution in [0.4, 0.5) is 18.0 Å². The molecule has 7 nitrogen and oxygen atoms in total. The average Bonchev–Trinajstić information content (AvgIpc) is 3.39. The maximum absolute atomic E-state index is 13.2. The summed E-state index contributed by atoms with van der Waals surface area (Å²) in [6.45, 7) is 3.29. The molecular weight excluding hydrogens is 437 g/mol. The van der Waals surface area contributed by atoms with E-state index in [1.807, 2.05) is 23.3 Å². The van der Waals surface area contributed by atoms with Gasteiger partial charge in [-0.1, -0.05) is 29.8 Å². The van der Waals surface area contributed by atoms with Crippen LogP contribution in [0, 0.1) is 11.8 Å². The van der Waals surface area contributed by atoms with Gasteiger partial charge >= 0.3 is 12.2 Å². The van der Waals surface area contributed by atoms with E-state index >= 15 is 0 Å². The fourth-order valence-corrected chi connectivity index (χ4v) is 4.26. The lowest BCUT2D eigenvalue weighted by Crippen LogP contribution is -2.36. The zero-order chi connectivity index (χ0) is 22.3. The third kappa shape index (κ3) is 4.46. The van der Waals surface area contributed by atoms with E-state index in [4.69, 9.17) is 16.4 Å². The second-order valence-corrected chi connectivity index (χ2v) is 8.22. The van der Waals surface area contributed by atoms with Crippen LogP contribution < -0.4 is 0 Å². The van der Waals surface area contributed by atoms with Gasteiger partial charge in [0.1, 0.15) is 11.3 Å². The van der Waals surface area contributed by atoms with Crippen molar-refractivity contribution in [2.45, 2.75) is 19.7 Å². The Morgan fingerprint density at radius 2 is 1.81 bits per heavy atom. The molecule has 2 aliphatic heterocycles. The van der Waals surface area contributed by atoms with Gasteiger partial charge in [-0.2, -0.15) is 28.0 Å². The Labute approximate surface area is 181 Å². The molecule has 3 heterocycles. The smallest absolute Gasteiger partial charge is 0.322 e. The van der Waals surface area contributed by atoms with E-state index in [1.165, 1.54) is 4.90 Å². The molecule has 2 saturated heterocycles. The number of fused-ring (bicyclic) bond motifs is 1. The summed E-state index contributed by atoms with van der Waals surface area (Å²) in [5.41, 5.74) is -1.08. The van der Waals surface area contributed by atoms with Gasteiger partial charge in [-0.15, -0.1) is 0 Å². The molecule has 1 aromatic carbocycles. The number of alkyl halides is 3. The number of rotatable bonds is 4. The Hall–Kier alpha value is -2.43. The summed E-state index contributed by atoms with van der Waals surface area (Å²) in [5, 5.41) is 6.07. The van der Waals surface area contributed by atoms with Gasteiger partial charge in [0.05, 0.1) is 6.61 Å². The molecule has 0 spiro atoms. The van der Waals surface area contributed by atoms with E-state index < -0.39 is 29.2 Å². The van der Waals surface area contributed by atoms with Gasteiger partial charge in [0, 0.05) is 44.3 Å². The molecule has 1 amide bonds. The van der Waals surface area contributed by atoms with E-state index in [0.29, 0.717) is 48.7 Å². The maximum Gasteiger partial charge on any atom is 0.420 e. The van der Waals surface area contributed by atoms with Gasteiger partial charge in [0.25, 0.3) is 0 Å². The zero-order valence-electron chi connectivity index (χ0n) is 16.6. The van der Waals surface area contributed by atoms with Crippen molar-refractivity contribution in [2.24, 2.45) is 11.8 Å². The van der Waals surface area contributed by atoms with Crippen molar-refractivity contribution in [2.75, 3.05) is 26.2 Å². The van der Waals surface area contributed by atoms with Crippen molar-refractivity contribution in [3.8, 4) is 0 Å². The van der Waals surface area contributed by atoms with Gasteiger partial charge in [-0.25, -0.2) is 4.79 Å². The van der Waals surface area contributed by atoms with Crippen molar-refractivity contribution in [3.05, 3.63) is 52.3 Å². The summed E-state index contributed by atoms with van der Waals surface area (Å²) < 4.78 is 40.1. The summed E-state index contributed by atoms with van der Waals surface area (Å²) >= 11 is 6.14. The Morgan fingerprint density at radius 1 is 1.16 bits per heavy atom. The minimum absolute atomic E-state index is 0.139. The molecule has 2 unspecified atom stereocenters. The van der Waals surface area contributed by atoms with E-state index in [2.05, 4.69) is 5.10 Å². The van der Waals surface area contributed by atoms with Crippen molar-refractivity contribution in [1.82, 2.24) is 19.7 Å². The summed E-state index contributed by atoms with van der Waals surface area (Å²) in [6.07, 6.45) is -4.17. The summed E-state index contributed by atoms with van der Waals surface area (Å²) in [4.78, 5) is 31.5. The van der Waals surface area contributed by atoms with E-state index in [1.54, 1.807) is 6.07 Å². The highest BCUT2D eigenvalue weighted by atomic mass is 35.5. The van der Waals surface area contributed by atoms with Crippen molar-refractivity contribution >= 4 is 23.4 Å². The first-order chi connectivity index (χ1) is 14.6. The molecule has 0 saturated carbocycles. The minimum Gasteiger partial charge on any atom is -0.322 e. The topological polar surface area (TPSA) is 67.7 Å².